The number of esters is 1. The summed E-state index contributed by atoms with van der Waals surface area (Å²) >= 11 is 12.8. The quantitative estimate of drug-likeness (QED) is 0.482. The van der Waals surface area contributed by atoms with Gasteiger partial charge in [-0.3, -0.25) is 4.79 Å². The lowest BCUT2D eigenvalue weighted by Crippen LogP contribution is -2.08. The van der Waals surface area contributed by atoms with E-state index >= 15 is 0 Å². The molecule has 1 heterocycles. The van der Waals surface area contributed by atoms with Crippen LogP contribution in [0.1, 0.15) is 15.9 Å². The Labute approximate surface area is 157 Å². The van der Waals surface area contributed by atoms with E-state index in [2.05, 4.69) is 4.99 Å². The molecular formula is C17H10Cl2N2O3S. The molecule has 25 heavy (non-hydrogen) atoms. The Kier molecular flexibility index (Phi) is 5.13. The van der Waals surface area contributed by atoms with E-state index < -0.39 is 5.97 Å². The van der Waals surface area contributed by atoms with Crippen LogP contribution in [-0.4, -0.2) is 17.0 Å². The minimum atomic E-state index is -0.549. The molecule has 0 saturated carbocycles. The third kappa shape index (κ3) is 4.22. The molecule has 8 heteroatoms. The number of nitrogens with zero attached hydrogens (tertiary/aromatic N) is 1. The van der Waals surface area contributed by atoms with E-state index in [0.29, 0.717) is 21.2 Å². The molecule has 2 N–H and O–H groups in total. The number of rotatable bonds is 3. The molecule has 0 aromatic heterocycles. The average Bonchev–Trinajstić information content (AvgIpc) is 2.89. The van der Waals surface area contributed by atoms with Crippen LogP contribution < -0.4 is 10.5 Å². The maximum atomic E-state index is 12.1. The summed E-state index contributed by atoms with van der Waals surface area (Å²) in [6.07, 6.45) is 1.67. The van der Waals surface area contributed by atoms with Gasteiger partial charge in [-0.1, -0.05) is 35.3 Å². The van der Waals surface area contributed by atoms with Gasteiger partial charge in [0.1, 0.15) is 5.75 Å². The van der Waals surface area contributed by atoms with Crippen LogP contribution >= 0.6 is 35.0 Å². The van der Waals surface area contributed by atoms with Crippen molar-refractivity contribution in [2.45, 2.75) is 0 Å². The zero-order valence-electron chi connectivity index (χ0n) is 12.5. The van der Waals surface area contributed by atoms with E-state index in [-0.39, 0.29) is 16.1 Å². The van der Waals surface area contributed by atoms with Gasteiger partial charge in [0.05, 0.1) is 20.5 Å². The molecule has 0 spiro atoms. The van der Waals surface area contributed by atoms with Crippen molar-refractivity contribution in [3.63, 3.8) is 0 Å². The number of thioether (sulfide) groups is 1. The van der Waals surface area contributed by atoms with E-state index in [1.807, 2.05) is 0 Å². The molecule has 2 aromatic rings. The van der Waals surface area contributed by atoms with Gasteiger partial charge in [0.2, 0.25) is 0 Å². The summed E-state index contributed by atoms with van der Waals surface area (Å²) in [7, 11) is 0. The fourth-order valence-corrected chi connectivity index (χ4v) is 2.98. The Balaban J connectivity index is 1.70. The summed E-state index contributed by atoms with van der Waals surface area (Å²) in [6.45, 7) is 0. The number of halogens is 2. The Morgan fingerprint density at radius 1 is 1.12 bits per heavy atom. The van der Waals surface area contributed by atoms with Gasteiger partial charge < -0.3 is 10.5 Å². The maximum Gasteiger partial charge on any atom is 0.343 e. The number of amides is 1. The highest BCUT2D eigenvalue weighted by atomic mass is 35.5. The van der Waals surface area contributed by atoms with Crippen LogP contribution in [0.25, 0.3) is 6.08 Å². The Hall–Kier alpha value is -2.28. The third-order valence-corrected chi connectivity index (χ3v) is 4.73. The summed E-state index contributed by atoms with van der Waals surface area (Å²) < 4.78 is 5.28. The van der Waals surface area contributed by atoms with Crippen LogP contribution in [0.15, 0.2) is 52.4 Å². The molecule has 0 aliphatic carbocycles. The summed E-state index contributed by atoms with van der Waals surface area (Å²) in [6, 6.07) is 11.2. The number of carbonyl (C=O) groups is 2. The minimum Gasteiger partial charge on any atom is -0.423 e. The SMILES string of the molecule is NC1=NC(=O)C(=Cc2ccc(OC(=O)c3ccc(Cl)c(Cl)c3)cc2)S1. The molecule has 126 valence electrons. The van der Waals surface area contributed by atoms with Crippen LogP contribution in [-0.2, 0) is 4.79 Å². The van der Waals surface area contributed by atoms with Crippen molar-refractivity contribution in [2.75, 3.05) is 0 Å². The normalized spacial score (nSPS) is 15.4. The summed E-state index contributed by atoms with van der Waals surface area (Å²) in [4.78, 5) is 27.7. The summed E-state index contributed by atoms with van der Waals surface area (Å²) in [5.74, 6) is -0.551. The molecule has 0 unspecified atom stereocenters. The summed E-state index contributed by atoms with van der Waals surface area (Å²) in [5.41, 5.74) is 6.55. The van der Waals surface area contributed by atoms with Crippen molar-refractivity contribution in [1.29, 1.82) is 0 Å². The maximum absolute atomic E-state index is 12.1. The van der Waals surface area contributed by atoms with Crippen molar-refractivity contribution in [3.05, 3.63) is 68.5 Å². The summed E-state index contributed by atoms with van der Waals surface area (Å²) in [5, 5.41) is 0.862. The molecule has 0 radical (unpaired) electrons. The smallest absolute Gasteiger partial charge is 0.343 e. The molecule has 5 nitrogen and oxygen atoms in total. The fourth-order valence-electron chi connectivity index (χ4n) is 2.00. The number of carbonyl (C=O) groups excluding carboxylic acids is 2. The van der Waals surface area contributed by atoms with E-state index in [0.717, 1.165) is 17.3 Å². The van der Waals surface area contributed by atoms with Crippen LogP contribution in [0.2, 0.25) is 10.0 Å². The molecule has 1 amide bonds. The van der Waals surface area contributed by atoms with Crippen LogP contribution in [0, 0.1) is 0 Å². The van der Waals surface area contributed by atoms with Gasteiger partial charge in [0.25, 0.3) is 5.91 Å². The lowest BCUT2D eigenvalue weighted by atomic mass is 10.2. The third-order valence-electron chi connectivity index (χ3n) is 3.18. The van der Waals surface area contributed by atoms with Crippen molar-refractivity contribution in [1.82, 2.24) is 0 Å². The number of hydrogen-bond acceptors (Lipinski definition) is 5. The predicted molar refractivity (Wildman–Crippen MR) is 100 cm³/mol. The zero-order chi connectivity index (χ0) is 18.0. The molecule has 1 aliphatic heterocycles. The highest BCUT2D eigenvalue weighted by molar-refractivity contribution is 8.18. The molecule has 0 fully saturated rings. The van der Waals surface area contributed by atoms with Crippen LogP contribution in [0.4, 0.5) is 0 Å². The van der Waals surface area contributed by atoms with Gasteiger partial charge in [0.15, 0.2) is 5.17 Å². The average molecular weight is 393 g/mol. The minimum absolute atomic E-state index is 0.225. The number of aliphatic imine (C=N–C) groups is 1. The van der Waals surface area contributed by atoms with Crippen molar-refractivity contribution < 1.29 is 14.3 Å². The van der Waals surface area contributed by atoms with Gasteiger partial charge in [-0.25, -0.2) is 4.79 Å². The highest BCUT2D eigenvalue weighted by Crippen LogP contribution is 2.27. The van der Waals surface area contributed by atoms with Crippen molar-refractivity contribution >= 4 is 58.1 Å². The van der Waals surface area contributed by atoms with Gasteiger partial charge in [-0.05, 0) is 53.7 Å². The number of benzene rings is 2. The van der Waals surface area contributed by atoms with E-state index in [9.17, 15) is 9.59 Å². The first-order valence-electron chi connectivity index (χ1n) is 6.98. The number of ether oxygens (including phenoxy) is 1. The van der Waals surface area contributed by atoms with Crippen molar-refractivity contribution in [3.8, 4) is 5.75 Å². The number of nitrogens with two attached hydrogens (primary N) is 1. The van der Waals surface area contributed by atoms with E-state index in [1.54, 1.807) is 30.3 Å². The molecule has 1 aliphatic rings. The van der Waals surface area contributed by atoms with Gasteiger partial charge in [-0.15, -0.1) is 0 Å². The second kappa shape index (κ2) is 7.31. The van der Waals surface area contributed by atoms with E-state index in [4.69, 9.17) is 33.7 Å². The highest BCUT2D eigenvalue weighted by Gasteiger charge is 2.19. The molecule has 0 saturated heterocycles. The standard InChI is InChI=1S/C17H10Cl2N2O3S/c18-12-6-3-10(8-13(12)19)16(23)24-11-4-1-9(2-5-11)7-14-15(22)21-17(20)25-14/h1-8H,(H2,20,21,22). The largest absolute Gasteiger partial charge is 0.423 e. The fraction of sp³-hybridized carbons (Fsp3) is 0. The van der Waals surface area contributed by atoms with Crippen LogP contribution in [0.3, 0.4) is 0 Å². The second-order valence-corrected chi connectivity index (χ2v) is 6.83. The first-order chi connectivity index (χ1) is 11.9. The Morgan fingerprint density at radius 3 is 2.44 bits per heavy atom. The monoisotopic (exact) mass is 392 g/mol. The first-order valence-corrected chi connectivity index (χ1v) is 8.55. The van der Waals surface area contributed by atoms with E-state index in [1.165, 1.54) is 18.2 Å². The lowest BCUT2D eigenvalue weighted by Gasteiger charge is -2.06. The molecule has 2 aromatic carbocycles. The second-order valence-electron chi connectivity index (χ2n) is 4.95. The molecule has 3 rings (SSSR count). The molecular weight excluding hydrogens is 383 g/mol. The number of amidine groups is 1. The zero-order valence-corrected chi connectivity index (χ0v) is 14.9. The molecule has 0 atom stereocenters. The van der Waals surface area contributed by atoms with Gasteiger partial charge in [0, 0.05) is 0 Å². The van der Waals surface area contributed by atoms with Crippen molar-refractivity contribution in [2.24, 2.45) is 10.7 Å². The topological polar surface area (TPSA) is 81.8 Å². The number of hydrogen-bond donors (Lipinski definition) is 1. The first kappa shape index (κ1) is 17.5. The van der Waals surface area contributed by atoms with Gasteiger partial charge >= 0.3 is 5.97 Å². The predicted octanol–water partition coefficient (Wildman–Crippen LogP) is 4.14. The Bertz CT molecular complexity index is 924. The lowest BCUT2D eigenvalue weighted by molar-refractivity contribution is -0.113. The molecule has 0 bridgehead atoms. The van der Waals surface area contributed by atoms with Crippen LogP contribution in [0.5, 0.6) is 5.75 Å². The van der Waals surface area contributed by atoms with Gasteiger partial charge in [-0.2, -0.15) is 4.99 Å². The Morgan fingerprint density at radius 2 is 1.84 bits per heavy atom.